The van der Waals surface area contributed by atoms with Crippen molar-refractivity contribution in [2.75, 3.05) is 6.54 Å². The molecule has 0 aliphatic rings. The fraction of sp³-hybridized carbons (Fsp3) is 0.250. The Hall–Kier alpha value is -2.18. The lowest BCUT2D eigenvalue weighted by Crippen LogP contribution is -2.24. The third kappa shape index (κ3) is 3.64. The van der Waals surface area contributed by atoms with E-state index in [0.717, 1.165) is 11.3 Å². The van der Waals surface area contributed by atoms with Crippen LogP contribution in [0.1, 0.15) is 30.1 Å². The molecule has 2 rings (SSSR count). The Morgan fingerprint density at radius 3 is 2.53 bits per heavy atom. The first kappa shape index (κ1) is 13.3. The van der Waals surface area contributed by atoms with Gasteiger partial charge < -0.3 is 5.32 Å². The second kappa shape index (κ2) is 6.67. The highest BCUT2D eigenvalue weighted by Crippen LogP contribution is 2.15. The second-order valence-corrected chi connectivity index (χ2v) is 4.48. The number of rotatable bonds is 5. The van der Waals surface area contributed by atoms with Crippen molar-refractivity contribution in [3.8, 4) is 6.07 Å². The van der Waals surface area contributed by atoms with E-state index in [1.54, 1.807) is 6.20 Å². The average Bonchev–Trinajstić information content (AvgIpc) is 2.49. The van der Waals surface area contributed by atoms with Crippen LogP contribution >= 0.6 is 0 Å². The fourth-order valence-electron chi connectivity index (χ4n) is 1.95. The van der Waals surface area contributed by atoms with Gasteiger partial charge in [0.25, 0.3) is 0 Å². The van der Waals surface area contributed by atoms with Crippen LogP contribution in [0.15, 0.2) is 54.7 Å². The van der Waals surface area contributed by atoms with Crippen LogP contribution in [0.5, 0.6) is 0 Å². The molecule has 96 valence electrons. The molecule has 0 aliphatic carbocycles. The lowest BCUT2D eigenvalue weighted by atomic mass is 10.0. The van der Waals surface area contributed by atoms with Crippen LogP contribution in [0.25, 0.3) is 0 Å². The van der Waals surface area contributed by atoms with Gasteiger partial charge in [-0.15, -0.1) is 0 Å². The number of benzene rings is 1. The lowest BCUT2D eigenvalue weighted by molar-refractivity contribution is 0.547. The fourth-order valence-corrected chi connectivity index (χ4v) is 1.95. The molecule has 0 fully saturated rings. The maximum absolute atomic E-state index is 9.26. The van der Waals surface area contributed by atoms with E-state index >= 15 is 0 Å². The molecular weight excluding hydrogens is 234 g/mol. The van der Waals surface area contributed by atoms with Crippen molar-refractivity contribution in [1.29, 1.82) is 5.26 Å². The van der Waals surface area contributed by atoms with Crippen molar-refractivity contribution in [3.05, 3.63) is 66.0 Å². The molecule has 2 aromatic rings. The van der Waals surface area contributed by atoms with Gasteiger partial charge in [-0.3, -0.25) is 4.98 Å². The summed E-state index contributed by atoms with van der Waals surface area (Å²) in [5.74, 6) is -0.132. The third-order valence-electron chi connectivity index (χ3n) is 3.12. The van der Waals surface area contributed by atoms with Gasteiger partial charge in [0.2, 0.25) is 0 Å². The molecule has 2 atom stereocenters. The Balaban J connectivity index is 1.96. The molecule has 0 saturated heterocycles. The van der Waals surface area contributed by atoms with Crippen LogP contribution in [-0.4, -0.2) is 11.5 Å². The molecule has 3 heteroatoms. The smallest absolute Gasteiger partial charge is 0.0837 e. The van der Waals surface area contributed by atoms with E-state index in [9.17, 15) is 5.26 Å². The van der Waals surface area contributed by atoms with Crippen LogP contribution in [0.4, 0.5) is 0 Å². The molecule has 3 nitrogen and oxygen atoms in total. The van der Waals surface area contributed by atoms with E-state index < -0.39 is 0 Å². The number of nitrogens with zero attached hydrogens (tertiary/aromatic N) is 2. The molecule has 1 N–H and O–H groups in total. The summed E-state index contributed by atoms with van der Waals surface area (Å²) in [5, 5.41) is 12.6. The normalized spacial score (nSPS) is 13.5. The summed E-state index contributed by atoms with van der Waals surface area (Å²) >= 11 is 0. The number of hydrogen-bond donors (Lipinski definition) is 1. The van der Waals surface area contributed by atoms with Crippen LogP contribution < -0.4 is 5.32 Å². The van der Waals surface area contributed by atoms with E-state index in [4.69, 9.17) is 0 Å². The second-order valence-electron chi connectivity index (χ2n) is 4.48. The molecule has 0 saturated carbocycles. The first-order chi connectivity index (χ1) is 9.31. The van der Waals surface area contributed by atoms with E-state index in [-0.39, 0.29) is 12.0 Å². The Labute approximate surface area is 113 Å². The standard InChI is InChI=1S/C16H17N3/c1-13(16-9-5-6-10-18-16)19-12-15(11-17)14-7-3-2-4-8-14/h2-10,13,15,19H,12H2,1H3/t13-,15?/m0/s1. The van der Waals surface area contributed by atoms with Gasteiger partial charge in [-0.2, -0.15) is 5.26 Å². The predicted octanol–water partition coefficient (Wildman–Crippen LogP) is 3.04. The zero-order chi connectivity index (χ0) is 13.5. The van der Waals surface area contributed by atoms with Gasteiger partial charge in [-0.05, 0) is 24.6 Å². The molecular formula is C16H17N3. The van der Waals surface area contributed by atoms with E-state index in [1.165, 1.54) is 0 Å². The molecule has 0 amide bonds. The van der Waals surface area contributed by atoms with E-state index in [0.29, 0.717) is 6.54 Å². The lowest BCUT2D eigenvalue weighted by Gasteiger charge is -2.16. The van der Waals surface area contributed by atoms with Crippen LogP contribution in [0.3, 0.4) is 0 Å². The SMILES string of the molecule is C[C@H](NCC(C#N)c1ccccc1)c1ccccn1. The molecule has 1 heterocycles. The minimum absolute atomic E-state index is 0.132. The van der Waals surface area contributed by atoms with E-state index in [1.807, 2.05) is 48.5 Å². The number of nitriles is 1. The summed E-state index contributed by atoms with van der Waals surface area (Å²) in [7, 11) is 0. The Morgan fingerprint density at radius 2 is 1.89 bits per heavy atom. The number of aromatic nitrogens is 1. The highest BCUT2D eigenvalue weighted by molar-refractivity contribution is 5.25. The van der Waals surface area contributed by atoms with E-state index in [2.05, 4.69) is 23.3 Å². The maximum Gasteiger partial charge on any atom is 0.0837 e. The maximum atomic E-state index is 9.26. The number of hydrogen-bond acceptors (Lipinski definition) is 3. The van der Waals surface area contributed by atoms with Gasteiger partial charge in [-0.1, -0.05) is 36.4 Å². The summed E-state index contributed by atoms with van der Waals surface area (Å²) in [6, 6.07) is 18.2. The summed E-state index contributed by atoms with van der Waals surface area (Å²) in [6.45, 7) is 2.68. The Kier molecular flexibility index (Phi) is 4.66. The first-order valence-electron chi connectivity index (χ1n) is 6.40. The van der Waals surface area contributed by atoms with Crippen molar-refractivity contribution < 1.29 is 0 Å². The van der Waals surface area contributed by atoms with Gasteiger partial charge >= 0.3 is 0 Å². The van der Waals surface area contributed by atoms with Gasteiger partial charge in [0, 0.05) is 18.8 Å². The molecule has 1 aromatic carbocycles. The largest absolute Gasteiger partial charge is 0.307 e. The van der Waals surface area contributed by atoms with Crippen molar-refractivity contribution in [3.63, 3.8) is 0 Å². The summed E-state index contributed by atoms with van der Waals surface area (Å²) in [4.78, 5) is 4.31. The van der Waals surface area contributed by atoms with Crippen molar-refractivity contribution in [2.24, 2.45) is 0 Å². The average molecular weight is 251 g/mol. The topological polar surface area (TPSA) is 48.7 Å². The number of nitrogens with one attached hydrogen (secondary N) is 1. The summed E-state index contributed by atoms with van der Waals surface area (Å²) in [5.41, 5.74) is 2.04. The van der Waals surface area contributed by atoms with Gasteiger partial charge in [0.15, 0.2) is 0 Å². The van der Waals surface area contributed by atoms with Crippen molar-refractivity contribution >= 4 is 0 Å². The van der Waals surface area contributed by atoms with Crippen molar-refractivity contribution in [1.82, 2.24) is 10.3 Å². The van der Waals surface area contributed by atoms with Crippen LogP contribution in [0.2, 0.25) is 0 Å². The zero-order valence-corrected chi connectivity index (χ0v) is 11.0. The molecule has 0 radical (unpaired) electrons. The van der Waals surface area contributed by atoms with Gasteiger partial charge in [0.05, 0.1) is 17.7 Å². The quantitative estimate of drug-likeness (QED) is 0.888. The predicted molar refractivity (Wildman–Crippen MR) is 75.5 cm³/mol. The number of pyridine rings is 1. The highest BCUT2D eigenvalue weighted by Gasteiger charge is 2.12. The Bertz CT molecular complexity index is 531. The summed E-state index contributed by atoms with van der Waals surface area (Å²) in [6.07, 6.45) is 1.78. The zero-order valence-electron chi connectivity index (χ0n) is 11.0. The minimum atomic E-state index is -0.132. The molecule has 1 unspecified atom stereocenters. The molecule has 0 spiro atoms. The van der Waals surface area contributed by atoms with Crippen LogP contribution in [-0.2, 0) is 0 Å². The molecule has 1 aromatic heterocycles. The van der Waals surface area contributed by atoms with Crippen LogP contribution in [0, 0.1) is 11.3 Å². The minimum Gasteiger partial charge on any atom is -0.307 e. The van der Waals surface area contributed by atoms with Crippen molar-refractivity contribution in [2.45, 2.75) is 18.9 Å². The molecule has 0 aliphatic heterocycles. The Morgan fingerprint density at radius 1 is 1.16 bits per heavy atom. The van der Waals surface area contributed by atoms with Gasteiger partial charge in [0.1, 0.15) is 0 Å². The van der Waals surface area contributed by atoms with Gasteiger partial charge in [-0.25, -0.2) is 0 Å². The third-order valence-corrected chi connectivity index (χ3v) is 3.12. The highest BCUT2D eigenvalue weighted by atomic mass is 14.9. The summed E-state index contributed by atoms with van der Waals surface area (Å²) < 4.78 is 0. The molecule has 0 bridgehead atoms. The molecule has 19 heavy (non-hydrogen) atoms. The monoisotopic (exact) mass is 251 g/mol. The first-order valence-corrected chi connectivity index (χ1v) is 6.40.